The smallest absolute Gasteiger partial charge is 0.314 e. The summed E-state index contributed by atoms with van der Waals surface area (Å²) < 4.78 is 0. The minimum atomic E-state index is -0.0589. The molecular formula is C12H25N3O. The van der Waals surface area contributed by atoms with Gasteiger partial charge >= 0.3 is 6.03 Å². The van der Waals surface area contributed by atoms with Gasteiger partial charge in [-0.15, -0.1) is 0 Å². The van der Waals surface area contributed by atoms with Gasteiger partial charge in [-0.2, -0.15) is 0 Å². The molecule has 2 amide bonds. The molecule has 16 heavy (non-hydrogen) atoms. The molecule has 0 aliphatic heterocycles. The van der Waals surface area contributed by atoms with Crippen LogP contribution in [0.5, 0.6) is 0 Å². The zero-order valence-electron chi connectivity index (χ0n) is 10.5. The van der Waals surface area contributed by atoms with Crippen molar-refractivity contribution in [1.29, 1.82) is 0 Å². The molecule has 0 aromatic heterocycles. The maximum atomic E-state index is 11.4. The third kappa shape index (κ3) is 4.39. The number of rotatable bonds is 4. The molecule has 1 saturated carbocycles. The van der Waals surface area contributed by atoms with Crippen molar-refractivity contribution in [3.8, 4) is 0 Å². The van der Waals surface area contributed by atoms with Crippen LogP contribution in [0.15, 0.2) is 0 Å². The fraction of sp³-hybridized carbons (Fsp3) is 0.917. The van der Waals surface area contributed by atoms with Crippen molar-refractivity contribution in [3.63, 3.8) is 0 Å². The third-order valence-electron chi connectivity index (χ3n) is 3.31. The largest absolute Gasteiger partial charge is 0.338 e. The van der Waals surface area contributed by atoms with Crippen LogP contribution < -0.4 is 16.4 Å². The van der Waals surface area contributed by atoms with Crippen molar-refractivity contribution in [2.45, 2.75) is 45.6 Å². The Labute approximate surface area is 98.3 Å². The van der Waals surface area contributed by atoms with E-state index in [1.54, 1.807) is 0 Å². The molecule has 0 spiro atoms. The number of carbonyl (C=O) groups excluding carboxylic acids is 1. The average Bonchev–Trinajstić information content (AvgIpc) is 2.26. The molecule has 0 heterocycles. The Morgan fingerprint density at radius 2 is 1.94 bits per heavy atom. The van der Waals surface area contributed by atoms with E-state index < -0.39 is 0 Å². The van der Waals surface area contributed by atoms with E-state index in [-0.39, 0.29) is 12.1 Å². The lowest BCUT2D eigenvalue weighted by molar-refractivity contribution is 0.217. The van der Waals surface area contributed by atoms with E-state index in [1.165, 1.54) is 25.7 Å². The summed E-state index contributed by atoms with van der Waals surface area (Å²) in [4.78, 5) is 11.4. The lowest BCUT2D eigenvalue weighted by atomic mass is 9.79. The highest BCUT2D eigenvalue weighted by Gasteiger charge is 2.24. The minimum absolute atomic E-state index is 0.0589. The van der Waals surface area contributed by atoms with Crippen LogP contribution >= 0.6 is 0 Å². The summed E-state index contributed by atoms with van der Waals surface area (Å²) in [6.07, 6.45) is 4.98. The van der Waals surface area contributed by atoms with Crippen molar-refractivity contribution in [2.75, 3.05) is 13.1 Å². The molecule has 2 unspecified atom stereocenters. The summed E-state index contributed by atoms with van der Waals surface area (Å²) in [6, 6.07) is 0.132. The van der Waals surface area contributed by atoms with Gasteiger partial charge in [-0.25, -0.2) is 4.79 Å². The number of hydrogen-bond acceptors (Lipinski definition) is 2. The lowest BCUT2D eigenvalue weighted by Crippen LogP contribution is -2.43. The molecule has 1 aliphatic carbocycles. The summed E-state index contributed by atoms with van der Waals surface area (Å²) >= 11 is 0. The Bertz CT molecular complexity index is 218. The Morgan fingerprint density at radius 3 is 2.50 bits per heavy atom. The quantitative estimate of drug-likeness (QED) is 0.680. The lowest BCUT2D eigenvalue weighted by Gasteiger charge is -2.30. The first-order valence-corrected chi connectivity index (χ1v) is 6.38. The van der Waals surface area contributed by atoms with Gasteiger partial charge in [0.05, 0.1) is 0 Å². The number of amides is 2. The van der Waals surface area contributed by atoms with E-state index >= 15 is 0 Å². The van der Waals surface area contributed by atoms with E-state index in [0.29, 0.717) is 11.8 Å². The molecule has 1 fully saturated rings. The standard InChI is InChI=1S/C12H25N3O/c1-9(2)15-12(16)14-8-11-6-4-3-5-10(11)7-13/h9-11H,3-8,13H2,1-2H3,(H2,14,15,16). The first-order valence-electron chi connectivity index (χ1n) is 6.38. The molecule has 1 aliphatic rings. The van der Waals surface area contributed by atoms with Gasteiger partial charge in [-0.3, -0.25) is 0 Å². The van der Waals surface area contributed by atoms with Crippen molar-refractivity contribution < 1.29 is 4.79 Å². The zero-order chi connectivity index (χ0) is 12.0. The van der Waals surface area contributed by atoms with Gasteiger partial charge in [0.2, 0.25) is 0 Å². The first kappa shape index (κ1) is 13.3. The number of hydrogen-bond donors (Lipinski definition) is 3. The molecule has 4 N–H and O–H groups in total. The highest BCUT2D eigenvalue weighted by atomic mass is 16.2. The molecule has 0 aromatic carbocycles. The maximum absolute atomic E-state index is 11.4. The monoisotopic (exact) mass is 227 g/mol. The van der Waals surface area contributed by atoms with Gasteiger partial charge in [0.1, 0.15) is 0 Å². The van der Waals surface area contributed by atoms with Crippen molar-refractivity contribution >= 4 is 6.03 Å². The number of nitrogens with two attached hydrogens (primary N) is 1. The van der Waals surface area contributed by atoms with Crippen LogP contribution in [-0.4, -0.2) is 25.2 Å². The summed E-state index contributed by atoms with van der Waals surface area (Å²) in [5.41, 5.74) is 5.75. The predicted molar refractivity (Wildman–Crippen MR) is 66.2 cm³/mol. The summed E-state index contributed by atoms with van der Waals surface area (Å²) in [7, 11) is 0. The van der Waals surface area contributed by atoms with Crippen LogP contribution in [-0.2, 0) is 0 Å². The molecule has 2 atom stereocenters. The Hall–Kier alpha value is -0.770. The van der Waals surface area contributed by atoms with Gasteiger partial charge in [0.25, 0.3) is 0 Å². The van der Waals surface area contributed by atoms with E-state index in [9.17, 15) is 4.79 Å². The molecule has 94 valence electrons. The zero-order valence-corrected chi connectivity index (χ0v) is 10.5. The van der Waals surface area contributed by atoms with Crippen molar-refractivity contribution in [2.24, 2.45) is 17.6 Å². The second-order valence-electron chi connectivity index (χ2n) is 5.05. The molecule has 0 radical (unpaired) electrons. The highest BCUT2D eigenvalue weighted by Crippen LogP contribution is 2.28. The second-order valence-corrected chi connectivity index (χ2v) is 5.05. The molecule has 1 rings (SSSR count). The minimum Gasteiger partial charge on any atom is -0.338 e. The predicted octanol–water partition coefficient (Wildman–Crippen LogP) is 1.46. The van der Waals surface area contributed by atoms with Crippen LogP contribution in [0.1, 0.15) is 39.5 Å². The fourth-order valence-corrected chi connectivity index (χ4v) is 2.40. The molecule has 4 heteroatoms. The topological polar surface area (TPSA) is 67.2 Å². The van der Waals surface area contributed by atoms with Crippen molar-refractivity contribution in [1.82, 2.24) is 10.6 Å². The second kappa shape index (κ2) is 6.74. The normalized spacial score (nSPS) is 25.5. The molecule has 0 aromatic rings. The van der Waals surface area contributed by atoms with E-state index in [4.69, 9.17) is 5.73 Å². The Balaban J connectivity index is 2.27. The Morgan fingerprint density at radius 1 is 1.31 bits per heavy atom. The van der Waals surface area contributed by atoms with Crippen LogP contribution in [0.3, 0.4) is 0 Å². The van der Waals surface area contributed by atoms with Gasteiger partial charge in [-0.05, 0) is 45.1 Å². The van der Waals surface area contributed by atoms with Gasteiger partial charge in [0.15, 0.2) is 0 Å². The summed E-state index contributed by atoms with van der Waals surface area (Å²) in [6.45, 7) is 5.43. The van der Waals surface area contributed by atoms with Crippen molar-refractivity contribution in [3.05, 3.63) is 0 Å². The van der Waals surface area contributed by atoms with Crippen LogP contribution in [0.25, 0.3) is 0 Å². The SMILES string of the molecule is CC(C)NC(=O)NCC1CCCCC1CN. The van der Waals surface area contributed by atoms with Gasteiger partial charge in [0, 0.05) is 12.6 Å². The summed E-state index contributed by atoms with van der Waals surface area (Å²) in [5, 5.41) is 5.78. The van der Waals surface area contributed by atoms with Crippen LogP contribution in [0.2, 0.25) is 0 Å². The molecule has 0 bridgehead atoms. The van der Waals surface area contributed by atoms with E-state index in [2.05, 4.69) is 10.6 Å². The van der Waals surface area contributed by atoms with Crippen LogP contribution in [0, 0.1) is 11.8 Å². The number of nitrogens with one attached hydrogen (secondary N) is 2. The fourth-order valence-electron chi connectivity index (χ4n) is 2.40. The van der Waals surface area contributed by atoms with Crippen LogP contribution in [0.4, 0.5) is 4.79 Å². The maximum Gasteiger partial charge on any atom is 0.314 e. The molecular weight excluding hydrogens is 202 g/mol. The first-order chi connectivity index (χ1) is 7.63. The Kier molecular flexibility index (Phi) is 5.60. The molecule has 4 nitrogen and oxygen atoms in total. The number of carbonyl (C=O) groups is 1. The highest BCUT2D eigenvalue weighted by molar-refractivity contribution is 5.74. The average molecular weight is 227 g/mol. The van der Waals surface area contributed by atoms with Gasteiger partial charge in [-0.1, -0.05) is 12.8 Å². The summed E-state index contributed by atoms with van der Waals surface area (Å²) in [5.74, 6) is 1.16. The van der Waals surface area contributed by atoms with Gasteiger partial charge < -0.3 is 16.4 Å². The van der Waals surface area contributed by atoms with E-state index in [1.807, 2.05) is 13.8 Å². The third-order valence-corrected chi connectivity index (χ3v) is 3.31. The molecule has 0 saturated heterocycles. The number of urea groups is 1. The van der Waals surface area contributed by atoms with E-state index in [0.717, 1.165) is 13.1 Å².